The number of hydrogen-bond donors (Lipinski definition) is 1. The van der Waals surface area contributed by atoms with Crippen LogP contribution in [0.25, 0.3) is 0 Å². The van der Waals surface area contributed by atoms with E-state index in [0.29, 0.717) is 6.54 Å². The first-order chi connectivity index (χ1) is 5.57. The Bertz CT molecular complexity index is 215. The van der Waals surface area contributed by atoms with Crippen LogP contribution in [-0.4, -0.2) is 29.4 Å². The summed E-state index contributed by atoms with van der Waals surface area (Å²) in [6, 6.07) is -0.319. The van der Waals surface area contributed by atoms with Crippen LogP contribution >= 0.6 is 0 Å². The Hall–Kier alpha value is -1.06. The highest BCUT2D eigenvalue weighted by molar-refractivity contribution is 5.98. The topological polar surface area (TPSA) is 49.4 Å². The van der Waals surface area contributed by atoms with Gasteiger partial charge in [0.25, 0.3) is 0 Å². The van der Waals surface area contributed by atoms with E-state index < -0.39 is 0 Å². The molecule has 2 unspecified atom stereocenters. The molecule has 0 radical (unpaired) electrons. The van der Waals surface area contributed by atoms with Crippen molar-refractivity contribution in [3.05, 3.63) is 0 Å². The van der Waals surface area contributed by atoms with Gasteiger partial charge in [-0.25, -0.2) is 4.79 Å². The molecule has 1 saturated heterocycles. The third-order valence-corrected chi connectivity index (χ3v) is 2.32. The average Bonchev–Trinajstić information content (AvgIpc) is 2.01. The highest BCUT2D eigenvalue weighted by atomic mass is 16.2. The molecule has 0 aliphatic carbocycles. The molecule has 0 aromatic heterocycles. The number of nitrogens with zero attached hydrogens (tertiary/aromatic N) is 1. The molecule has 0 bridgehead atoms. The number of rotatable bonds is 1. The first kappa shape index (κ1) is 9.03. The van der Waals surface area contributed by atoms with Crippen LogP contribution < -0.4 is 5.32 Å². The SMILES string of the molecule is CCN1C(=O)NC(C)C(C)C1=O. The number of imide groups is 1. The highest BCUT2D eigenvalue weighted by Crippen LogP contribution is 2.13. The van der Waals surface area contributed by atoms with Gasteiger partial charge in [-0.05, 0) is 13.8 Å². The van der Waals surface area contributed by atoms with Crippen molar-refractivity contribution in [2.24, 2.45) is 5.92 Å². The van der Waals surface area contributed by atoms with Gasteiger partial charge >= 0.3 is 6.03 Å². The van der Waals surface area contributed by atoms with Gasteiger partial charge in [0.2, 0.25) is 5.91 Å². The molecule has 0 aromatic carbocycles. The van der Waals surface area contributed by atoms with E-state index in [2.05, 4.69) is 5.32 Å². The van der Waals surface area contributed by atoms with Gasteiger partial charge in [-0.15, -0.1) is 0 Å². The lowest BCUT2D eigenvalue weighted by Crippen LogP contribution is -2.58. The van der Waals surface area contributed by atoms with Crippen molar-refractivity contribution in [1.82, 2.24) is 10.2 Å². The summed E-state index contributed by atoms with van der Waals surface area (Å²) >= 11 is 0. The molecule has 0 spiro atoms. The molecular weight excluding hydrogens is 156 g/mol. The van der Waals surface area contributed by atoms with Crippen molar-refractivity contribution in [3.8, 4) is 0 Å². The second-order valence-corrected chi connectivity index (χ2v) is 3.11. The molecule has 4 heteroatoms. The Morgan fingerprint density at radius 3 is 2.50 bits per heavy atom. The predicted octanol–water partition coefficient (Wildman–Crippen LogP) is 0.583. The molecule has 3 amide bonds. The van der Waals surface area contributed by atoms with Crippen LogP contribution in [0.2, 0.25) is 0 Å². The molecule has 12 heavy (non-hydrogen) atoms. The van der Waals surface area contributed by atoms with Crippen LogP contribution in [0.5, 0.6) is 0 Å². The van der Waals surface area contributed by atoms with Crippen LogP contribution in [0.4, 0.5) is 4.79 Å². The fourth-order valence-electron chi connectivity index (χ4n) is 1.26. The minimum atomic E-state index is -0.270. The van der Waals surface area contributed by atoms with E-state index >= 15 is 0 Å². The van der Waals surface area contributed by atoms with E-state index in [1.165, 1.54) is 4.90 Å². The third-order valence-electron chi connectivity index (χ3n) is 2.32. The van der Waals surface area contributed by atoms with E-state index in [4.69, 9.17) is 0 Å². The highest BCUT2D eigenvalue weighted by Gasteiger charge is 2.34. The summed E-state index contributed by atoms with van der Waals surface area (Å²) in [5.41, 5.74) is 0. The molecule has 1 aliphatic heterocycles. The van der Waals surface area contributed by atoms with E-state index in [0.717, 1.165) is 0 Å². The van der Waals surface area contributed by atoms with Gasteiger partial charge < -0.3 is 5.32 Å². The van der Waals surface area contributed by atoms with Crippen molar-refractivity contribution < 1.29 is 9.59 Å². The standard InChI is InChI=1S/C8H14N2O2/c1-4-10-7(11)5(2)6(3)9-8(10)12/h5-6H,4H2,1-3H3,(H,9,12). The lowest BCUT2D eigenvalue weighted by Gasteiger charge is -2.33. The first-order valence-corrected chi connectivity index (χ1v) is 4.19. The van der Waals surface area contributed by atoms with Crippen molar-refractivity contribution in [1.29, 1.82) is 0 Å². The van der Waals surface area contributed by atoms with Gasteiger partial charge in [-0.2, -0.15) is 0 Å². The maximum atomic E-state index is 11.4. The zero-order chi connectivity index (χ0) is 9.30. The molecule has 2 atom stereocenters. The third kappa shape index (κ3) is 1.29. The van der Waals surface area contributed by atoms with Gasteiger partial charge in [-0.3, -0.25) is 9.69 Å². The summed E-state index contributed by atoms with van der Waals surface area (Å²) in [4.78, 5) is 23.9. The van der Waals surface area contributed by atoms with Gasteiger partial charge in [0.1, 0.15) is 0 Å². The van der Waals surface area contributed by atoms with E-state index in [-0.39, 0.29) is 23.9 Å². The molecule has 1 aliphatic rings. The van der Waals surface area contributed by atoms with Crippen molar-refractivity contribution in [2.45, 2.75) is 26.8 Å². The van der Waals surface area contributed by atoms with Crippen LogP contribution in [0.1, 0.15) is 20.8 Å². The molecule has 1 heterocycles. The lowest BCUT2D eigenvalue weighted by molar-refractivity contribution is -0.134. The Labute approximate surface area is 71.9 Å². The largest absolute Gasteiger partial charge is 0.334 e. The summed E-state index contributed by atoms with van der Waals surface area (Å²) in [5, 5.41) is 2.73. The lowest BCUT2D eigenvalue weighted by atomic mass is 10.00. The van der Waals surface area contributed by atoms with Crippen molar-refractivity contribution in [3.63, 3.8) is 0 Å². The van der Waals surface area contributed by atoms with E-state index in [1.807, 2.05) is 13.8 Å². The Morgan fingerprint density at radius 1 is 1.42 bits per heavy atom. The smallest absolute Gasteiger partial charge is 0.324 e. The molecular formula is C8H14N2O2. The number of carbonyl (C=O) groups is 2. The predicted molar refractivity (Wildman–Crippen MR) is 44.5 cm³/mol. The maximum Gasteiger partial charge on any atom is 0.324 e. The Balaban J connectivity index is 2.79. The van der Waals surface area contributed by atoms with Crippen LogP contribution in [-0.2, 0) is 4.79 Å². The number of hydrogen-bond acceptors (Lipinski definition) is 2. The van der Waals surface area contributed by atoms with E-state index in [9.17, 15) is 9.59 Å². The second-order valence-electron chi connectivity index (χ2n) is 3.11. The molecule has 1 fully saturated rings. The van der Waals surface area contributed by atoms with Crippen LogP contribution in [0.3, 0.4) is 0 Å². The van der Waals surface area contributed by atoms with Crippen molar-refractivity contribution >= 4 is 11.9 Å². The minimum absolute atomic E-state index is 0.0483. The van der Waals surface area contributed by atoms with Gasteiger partial charge in [0.15, 0.2) is 0 Å². The molecule has 0 saturated carbocycles. The fourth-order valence-corrected chi connectivity index (χ4v) is 1.26. The monoisotopic (exact) mass is 170 g/mol. The summed E-state index contributed by atoms with van der Waals surface area (Å²) < 4.78 is 0. The minimum Gasteiger partial charge on any atom is -0.334 e. The zero-order valence-electron chi connectivity index (χ0n) is 7.63. The molecule has 1 N–H and O–H groups in total. The maximum absolute atomic E-state index is 11.4. The fraction of sp³-hybridized carbons (Fsp3) is 0.750. The molecule has 1 rings (SSSR count). The summed E-state index contributed by atoms with van der Waals surface area (Å²) in [6.07, 6.45) is 0. The summed E-state index contributed by atoms with van der Waals surface area (Å²) in [6.45, 7) is 5.91. The molecule has 68 valence electrons. The number of urea groups is 1. The van der Waals surface area contributed by atoms with Crippen molar-refractivity contribution in [2.75, 3.05) is 6.54 Å². The summed E-state index contributed by atoms with van der Waals surface area (Å²) in [5.74, 6) is -0.184. The zero-order valence-corrected chi connectivity index (χ0v) is 7.63. The molecule has 0 aromatic rings. The number of carbonyl (C=O) groups excluding carboxylic acids is 2. The Kier molecular flexibility index (Phi) is 2.35. The quantitative estimate of drug-likeness (QED) is 0.626. The Morgan fingerprint density at radius 2 is 2.00 bits per heavy atom. The summed E-state index contributed by atoms with van der Waals surface area (Å²) in [7, 11) is 0. The number of amides is 3. The molecule has 4 nitrogen and oxygen atoms in total. The number of nitrogens with one attached hydrogen (secondary N) is 1. The van der Waals surface area contributed by atoms with Gasteiger partial charge in [0, 0.05) is 12.6 Å². The van der Waals surface area contributed by atoms with Gasteiger partial charge in [0.05, 0.1) is 5.92 Å². The second kappa shape index (κ2) is 3.13. The normalized spacial score (nSPS) is 30.4. The van der Waals surface area contributed by atoms with Crippen LogP contribution in [0, 0.1) is 5.92 Å². The van der Waals surface area contributed by atoms with E-state index in [1.54, 1.807) is 6.92 Å². The average molecular weight is 170 g/mol. The van der Waals surface area contributed by atoms with Crippen LogP contribution in [0.15, 0.2) is 0 Å². The first-order valence-electron chi connectivity index (χ1n) is 4.19. The van der Waals surface area contributed by atoms with Gasteiger partial charge in [-0.1, -0.05) is 6.92 Å².